The van der Waals surface area contributed by atoms with E-state index in [4.69, 9.17) is 42.1 Å². The highest BCUT2D eigenvalue weighted by molar-refractivity contribution is 6.36. The van der Waals surface area contributed by atoms with Crippen LogP contribution in [0.5, 0.6) is 23.0 Å². The van der Waals surface area contributed by atoms with Gasteiger partial charge in [-0.1, -0.05) is 35.3 Å². The Labute approximate surface area is 197 Å². The minimum absolute atomic E-state index is 0.0120. The highest BCUT2D eigenvalue weighted by Gasteiger charge is 2.23. The smallest absolute Gasteiger partial charge is 0.204 e. The van der Waals surface area contributed by atoms with Gasteiger partial charge in [-0.2, -0.15) is 0 Å². The van der Waals surface area contributed by atoms with E-state index in [2.05, 4.69) is 4.98 Å². The number of pyridine rings is 1. The fourth-order valence-electron chi connectivity index (χ4n) is 3.22. The van der Waals surface area contributed by atoms with Crippen LogP contribution in [0.4, 0.5) is 0 Å². The lowest BCUT2D eigenvalue weighted by atomic mass is 10.0. The Morgan fingerprint density at radius 1 is 0.938 bits per heavy atom. The van der Waals surface area contributed by atoms with Crippen LogP contribution in [0, 0.1) is 0 Å². The van der Waals surface area contributed by atoms with Gasteiger partial charge in [0.1, 0.15) is 5.75 Å². The van der Waals surface area contributed by atoms with Crippen molar-refractivity contribution in [1.82, 2.24) is 4.98 Å². The number of hydrogen-bond acceptors (Lipinski definition) is 6. The lowest BCUT2D eigenvalue weighted by Gasteiger charge is -2.17. The molecule has 0 spiro atoms. The van der Waals surface area contributed by atoms with Crippen molar-refractivity contribution in [3.05, 3.63) is 75.5 Å². The van der Waals surface area contributed by atoms with Gasteiger partial charge in [-0.05, 0) is 29.8 Å². The van der Waals surface area contributed by atoms with Crippen molar-refractivity contribution in [2.45, 2.75) is 12.8 Å². The summed E-state index contributed by atoms with van der Waals surface area (Å²) in [5, 5.41) is 0.652. The standard InChI is InChI=1S/C24H23Cl2NO5/c1-29-16-6-4-5-15(11-16)9-10-32-23-17(7-8-22(30-2)24(23)31-3)21(28)12-18-19(25)13-27-14-20(18)26/h4-8,11,13-14H,9-10,12H2,1-3H3. The summed E-state index contributed by atoms with van der Waals surface area (Å²) in [6, 6.07) is 11.0. The van der Waals surface area contributed by atoms with E-state index in [1.54, 1.807) is 19.2 Å². The van der Waals surface area contributed by atoms with Crippen LogP contribution >= 0.6 is 23.2 Å². The number of halogens is 2. The SMILES string of the molecule is COc1cccc(CCOc2c(C(=O)Cc3c(Cl)cncc3Cl)ccc(OC)c2OC)c1. The average Bonchev–Trinajstić information content (AvgIpc) is 2.81. The highest BCUT2D eigenvalue weighted by atomic mass is 35.5. The quantitative estimate of drug-likeness (QED) is 0.362. The molecular weight excluding hydrogens is 453 g/mol. The molecule has 0 N–H and O–H groups in total. The molecule has 3 rings (SSSR count). The van der Waals surface area contributed by atoms with Gasteiger partial charge in [-0.15, -0.1) is 0 Å². The molecule has 0 saturated carbocycles. The Morgan fingerprint density at radius 2 is 1.69 bits per heavy atom. The topological polar surface area (TPSA) is 66.9 Å². The molecule has 1 aromatic heterocycles. The first-order valence-electron chi connectivity index (χ1n) is 9.80. The van der Waals surface area contributed by atoms with Gasteiger partial charge in [0.25, 0.3) is 0 Å². The van der Waals surface area contributed by atoms with Crippen LogP contribution in [0.2, 0.25) is 10.0 Å². The fraction of sp³-hybridized carbons (Fsp3) is 0.250. The molecule has 32 heavy (non-hydrogen) atoms. The molecule has 168 valence electrons. The number of methoxy groups -OCH3 is 3. The van der Waals surface area contributed by atoms with Crippen molar-refractivity contribution >= 4 is 29.0 Å². The van der Waals surface area contributed by atoms with Gasteiger partial charge in [-0.3, -0.25) is 9.78 Å². The number of aromatic nitrogens is 1. The van der Waals surface area contributed by atoms with Crippen molar-refractivity contribution in [1.29, 1.82) is 0 Å². The van der Waals surface area contributed by atoms with Crippen molar-refractivity contribution < 1.29 is 23.7 Å². The van der Waals surface area contributed by atoms with E-state index in [0.717, 1.165) is 11.3 Å². The summed E-state index contributed by atoms with van der Waals surface area (Å²) in [6.45, 7) is 0.313. The lowest BCUT2D eigenvalue weighted by molar-refractivity contribution is 0.0988. The Bertz CT molecular complexity index is 1080. The van der Waals surface area contributed by atoms with Gasteiger partial charge in [0, 0.05) is 30.8 Å². The zero-order valence-corrected chi connectivity index (χ0v) is 19.5. The molecule has 0 aliphatic carbocycles. The number of ketones is 1. The highest BCUT2D eigenvalue weighted by Crippen LogP contribution is 2.41. The summed E-state index contributed by atoms with van der Waals surface area (Å²) in [5.74, 6) is 1.65. The number of benzene rings is 2. The van der Waals surface area contributed by atoms with Gasteiger partial charge in [0.2, 0.25) is 5.75 Å². The van der Waals surface area contributed by atoms with E-state index in [1.165, 1.54) is 26.6 Å². The van der Waals surface area contributed by atoms with Crippen molar-refractivity contribution in [3.8, 4) is 23.0 Å². The van der Waals surface area contributed by atoms with Gasteiger partial charge in [0.15, 0.2) is 17.3 Å². The second-order valence-electron chi connectivity index (χ2n) is 6.81. The third-order valence-corrected chi connectivity index (χ3v) is 5.51. The number of rotatable bonds is 10. The predicted octanol–water partition coefficient (Wildman–Crippen LogP) is 5.46. The molecule has 0 bridgehead atoms. The first kappa shape index (κ1) is 23.7. The second-order valence-corrected chi connectivity index (χ2v) is 7.62. The lowest BCUT2D eigenvalue weighted by Crippen LogP contribution is -2.11. The van der Waals surface area contributed by atoms with Crippen LogP contribution in [0.15, 0.2) is 48.8 Å². The molecule has 0 atom stereocenters. The largest absolute Gasteiger partial charge is 0.497 e. The number of ether oxygens (including phenoxy) is 4. The van der Waals surface area contributed by atoms with Crippen LogP contribution in [-0.4, -0.2) is 38.7 Å². The maximum Gasteiger partial charge on any atom is 0.204 e. The molecule has 6 nitrogen and oxygen atoms in total. The van der Waals surface area contributed by atoms with Crippen molar-refractivity contribution in [3.63, 3.8) is 0 Å². The van der Waals surface area contributed by atoms with E-state index in [9.17, 15) is 4.79 Å². The Kier molecular flexibility index (Phi) is 8.20. The molecule has 0 unspecified atom stereocenters. The average molecular weight is 476 g/mol. The van der Waals surface area contributed by atoms with E-state index >= 15 is 0 Å². The van der Waals surface area contributed by atoms with E-state index in [-0.39, 0.29) is 12.2 Å². The predicted molar refractivity (Wildman–Crippen MR) is 124 cm³/mol. The first-order chi connectivity index (χ1) is 15.5. The van der Waals surface area contributed by atoms with Gasteiger partial charge < -0.3 is 18.9 Å². The van der Waals surface area contributed by atoms with Gasteiger partial charge in [-0.25, -0.2) is 0 Å². The molecule has 1 heterocycles. The minimum Gasteiger partial charge on any atom is -0.497 e. The molecule has 0 aliphatic rings. The maximum absolute atomic E-state index is 13.2. The second kappa shape index (κ2) is 11.1. The number of Topliss-reactive ketones (excluding diaryl/α,β-unsaturated/α-hetero) is 1. The first-order valence-corrected chi connectivity index (χ1v) is 10.6. The zero-order chi connectivity index (χ0) is 23.1. The van der Waals surface area contributed by atoms with Crippen LogP contribution < -0.4 is 18.9 Å². The number of nitrogens with zero attached hydrogens (tertiary/aromatic N) is 1. The summed E-state index contributed by atoms with van der Waals surface area (Å²) in [7, 11) is 4.64. The molecule has 3 aromatic rings. The fourth-order valence-corrected chi connectivity index (χ4v) is 3.72. The summed E-state index contributed by atoms with van der Waals surface area (Å²) < 4.78 is 22.2. The van der Waals surface area contributed by atoms with Gasteiger partial charge >= 0.3 is 0 Å². The molecule has 0 saturated heterocycles. The van der Waals surface area contributed by atoms with Crippen LogP contribution in [0.1, 0.15) is 21.5 Å². The minimum atomic E-state index is -0.225. The monoisotopic (exact) mass is 475 g/mol. The number of carbonyl (C=O) groups is 1. The maximum atomic E-state index is 13.2. The normalized spacial score (nSPS) is 10.5. The van der Waals surface area contributed by atoms with Gasteiger partial charge in [0.05, 0.1) is 43.5 Å². The Hall–Kier alpha value is -2.96. The molecule has 0 amide bonds. The summed E-state index contributed by atoms with van der Waals surface area (Å²) in [5.41, 5.74) is 1.89. The summed E-state index contributed by atoms with van der Waals surface area (Å²) in [4.78, 5) is 17.1. The van der Waals surface area contributed by atoms with E-state index in [1.807, 2.05) is 24.3 Å². The van der Waals surface area contributed by atoms with Crippen LogP contribution in [0.3, 0.4) is 0 Å². The zero-order valence-electron chi connectivity index (χ0n) is 18.0. The third kappa shape index (κ3) is 5.44. The Balaban J connectivity index is 1.88. The molecule has 2 aromatic carbocycles. The number of carbonyl (C=O) groups excluding carboxylic acids is 1. The van der Waals surface area contributed by atoms with E-state index in [0.29, 0.717) is 51.4 Å². The third-order valence-electron chi connectivity index (χ3n) is 4.86. The summed E-state index contributed by atoms with van der Waals surface area (Å²) in [6.07, 6.45) is 3.50. The van der Waals surface area contributed by atoms with Crippen molar-refractivity contribution in [2.24, 2.45) is 0 Å². The molecule has 0 aliphatic heterocycles. The van der Waals surface area contributed by atoms with Crippen LogP contribution in [-0.2, 0) is 12.8 Å². The molecular formula is C24H23Cl2NO5. The van der Waals surface area contributed by atoms with Crippen LogP contribution in [0.25, 0.3) is 0 Å². The molecule has 0 radical (unpaired) electrons. The van der Waals surface area contributed by atoms with E-state index < -0.39 is 0 Å². The molecule has 8 heteroatoms. The molecule has 0 fully saturated rings. The number of hydrogen-bond donors (Lipinski definition) is 0. The Morgan fingerprint density at radius 3 is 2.34 bits per heavy atom. The summed E-state index contributed by atoms with van der Waals surface area (Å²) >= 11 is 12.4. The van der Waals surface area contributed by atoms with Crippen molar-refractivity contribution in [2.75, 3.05) is 27.9 Å².